The zero-order valence-corrected chi connectivity index (χ0v) is 16.5. The second kappa shape index (κ2) is 8.47. The smallest absolute Gasteiger partial charge is 0.0996 e. The van der Waals surface area contributed by atoms with Crippen molar-refractivity contribution in [3.05, 3.63) is 57.8 Å². The SMILES string of the molecule is CC(=C=C(S(=O)c1ccccc1)[Si](C)(C)C)CCC=C(C)C. The summed E-state index contributed by atoms with van der Waals surface area (Å²) in [7, 11) is -2.78. The van der Waals surface area contributed by atoms with Crippen molar-refractivity contribution in [2.45, 2.75) is 58.1 Å². The maximum atomic E-state index is 12.9. The molecule has 0 saturated heterocycles. The molecular weight excluding hydrogens is 304 g/mol. The summed E-state index contributed by atoms with van der Waals surface area (Å²) < 4.78 is 13.9. The predicted molar refractivity (Wildman–Crippen MR) is 101 cm³/mol. The molecule has 22 heavy (non-hydrogen) atoms. The van der Waals surface area contributed by atoms with Crippen LogP contribution in [-0.4, -0.2) is 12.3 Å². The quantitative estimate of drug-likeness (QED) is 0.363. The van der Waals surface area contributed by atoms with E-state index in [9.17, 15) is 4.21 Å². The number of benzene rings is 1. The van der Waals surface area contributed by atoms with Gasteiger partial charge in [0.05, 0.1) is 18.9 Å². The lowest BCUT2D eigenvalue weighted by atomic mass is 10.1. The molecule has 1 aromatic rings. The molecule has 1 atom stereocenters. The summed E-state index contributed by atoms with van der Waals surface area (Å²) in [6.07, 6.45) is 4.25. The van der Waals surface area contributed by atoms with E-state index in [2.05, 4.69) is 52.2 Å². The van der Waals surface area contributed by atoms with Crippen LogP contribution in [0.25, 0.3) is 0 Å². The average molecular weight is 333 g/mol. The van der Waals surface area contributed by atoms with Crippen molar-refractivity contribution in [2.24, 2.45) is 0 Å². The van der Waals surface area contributed by atoms with Gasteiger partial charge in [-0.15, -0.1) is 5.73 Å². The van der Waals surface area contributed by atoms with Gasteiger partial charge in [-0.25, -0.2) is 4.21 Å². The van der Waals surface area contributed by atoms with Crippen molar-refractivity contribution in [3.63, 3.8) is 0 Å². The fourth-order valence-corrected chi connectivity index (χ4v) is 6.08. The largest absolute Gasteiger partial charge is 0.249 e. The minimum Gasteiger partial charge on any atom is -0.249 e. The van der Waals surface area contributed by atoms with Crippen molar-refractivity contribution in [1.29, 1.82) is 0 Å². The highest BCUT2D eigenvalue weighted by atomic mass is 32.2. The molecule has 120 valence electrons. The summed E-state index contributed by atoms with van der Waals surface area (Å²) in [5, 5.41) is 0. The van der Waals surface area contributed by atoms with Crippen molar-refractivity contribution < 1.29 is 4.21 Å². The van der Waals surface area contributed by atoms with E-state index in [1.165, 1.54) is 11.1 Å². The molecule has 0 aliphatic carbocycles. The van der Waals surface area contributed by atoms with Crippen LogP contribution < -0.4 is 0 Å². The molecule has 3 heteroatoms. The van der Waals surface area contributed by atoms with E-state index in [0.717, 1.165) is 22.3 Å². The summed E-state index contributed by atoms with van der Waals surface area (Å²) in [5.41, 5.74) is 6.03. The van der Waals surface area contributed by atoms with Gasteiger partial charge in [0.2, 0.25) is 0 Å². The second-order valence-electron chi connectivity index (χ2n) is 6.89. The van der Waals surface area contributed by atoms with E-state index in [1.54, 1.807) is 0 Å². The van der Waals surface area contributed by atoms with Crippen LogP contribution in [0.15, 0.2) is 62.7 Å². The Hall–Kier alpha value is -1.15. The summed E-state index contributed by atoms with van der Waals surface area (Å²) in [6, 6.07) is 9.73. The Labute approximate surface area is 139 Å². The normalized spacial score (nSPS) is 12.3. The maximum Gasteiger partial charge on any atom is 0.0996 e. The highest BCUT2D eigenvalue weighted by molar-refractivity contribution is 7.91. The molecule has 0 radical (unpaired) electrons. The number of allylic oxidation sites excluding steroid dienone is 3. The first-order chi connectivity index (χ1) is 10.2. The average Bonchev–Trinajstić information content (AvgIpc) is 2.43. The molecule has 1 nitrogen and oxygen atoms in total. The summed E-state index contributed by atoms with van der Waals surface area (Å²) in [5.74, 6) is 0. The summed E-state index contributed by atoms with van der Waals surface area (Å²) >= 11 is 0. The molecule has 0 aliphatic heterocycles. The fourth-order valence-electron chi connectivity index (χ4n) is 2.01. The van der Waals surface area contributed by atoms with E-state index in [4.69, 9.17) is 0 Å². The van der Waals surface area contributed by atoms with Gasteiger partial charge in [0.15, 0.2) is 0 Å². The van der Waals surface area contributed by atoms with Crippen molar-refractivity contribution in [3.8, 4) is 0 Å². The van der Waals surface area contributed by atoms with Gasteiger partial charge in [0.1, 0.15) is 0 Å². The van der Waals surface area contributed by atoms with E-state index < -0.39 is 18.9 Å². The molecule has 0 amide bonds. The third-order valence-corrected chi connectivity index (χ3v) is 8.28. The monoisotopic (exact) mass is 332 g/mol. The molecule has 0 N–H and O–H groups in total. The fraction of sp³-hybridized carbons (Fsp3) is 0.421. The Morgan fingerprint density at radius 3 is 2.23 bits per heavy atom. The van der Waals surface area contributed by atoms with Gasteiger partial charge in [-0.1, -0.05) is 49.5 Å². The highest BCUT2D eigenvalue weighted by Crippen LogP contribution is 2.24. The molecule has 0 saturated carbocycles. The van der Waals surface area contributed by atoms with Gasteiger partial charge in [0.25, 0.3) is 0 Å². The first-order valence-corrected chi connectivity index (χ1v) is 12.4. The minimum absolute atomic E-state index is 0.879. The van der Waals surface area contributed by atoms with E-state index in [1.807, 2.05) is 30.3 Å². The van der Waals surface area contributed by atoms with Crippen LogP contribution in [0, 0.1) is 0 Å². The van der Waals surface area contributed by atoms with Gasteiger partial charge in [-0.05, 0) is 51.3 Å². The van der Waals surface area contributed by atoms with Crippen molar-refractivity contribution in [1.82, 2.24) is 0 Å². The molecule has 0 aromatic heterocycles. The van der Waals surface area contributed by atoms with Gasteiger partial charge in [0, 0.05) is 9.42 Å². The zero-order chi connectivity index (χ0) is 16.8. The van der Waals surface area contributed by atoms with E-state index in [-0.39, 0.29) is 0 Å². The standard InChI is InChI=1S/C19H28OSSi/c1-16(2)11-10-12-17(3)15-19(22(4,5)6)21(20)18-13-8-7-9-14-18/h7-9,11,13-14H,10,12H2,1-6H3. The molecule has 1 unspecified atom stereocenters. The first-order valence-electron chi connectivity index (χ1n) is 7.79. The van der Waals surface area contributed by atoms with Crippen LogP contribution in [0.2, 0.25) is 19.6 Å². The lowest BCUT2D eigenvalue weighted by Crippen LogP contribution is -2.26. The molecule has 0 fully saturated rings. The van der Waals surface area contributed by atoms with Crippen LogP contribution in [0.5, 0.6) is 0 Å². The summed E-state index contributed by atoms with van der Waals surface area (Å²) in [6.45, 7) is 13.0. The van der Waals surface area contributed by atoms with Gasteiger partial charge in [-0.2, -0.15) is 0 Å². The third-order valence-electron chi connectivity index (χ3n) is 3.22. The Bertz CT molecular complexity index is 611. The molecule has 1 aromatic carbocycles. The maximum absolute atomic E-state index is 12.9. The second-order valence-corrected chi connectivity index (χ2v) is 13.7. The van der Waals surface area contributed by atoms with Crippen LogP contribution in [0.3, 0.4) is 0 Å². The molecule has 0 spiro atoms. The lowest BCUT2D eigenvalue weighted by Gasteiger charge is -2.18. The Balaban J connectivity index is 3.16. The van der Waals surface area contributed by atoms with Crippen molar-refractivity contribution in [2.75, 3.05) is 0 Å². The Morgan fingerprint density at radius 1 is 1.14 bits per heavy atom. The number of hydrogen-bond acceptors (Lipinski definition) is 1. The topological polar surface area (TPSA) is 17.1 Å². The molecule has 0 heterocycles. The lowest BCUT2D eigenvalue weighted by molar-refractivity contribution is 0.687. The number of rotatable bonds is 6. The van der Waals surface area contributed by atoms with Crippen molar-refractivity contribution >= 4 is 18.9 Å². The first kappa shape index (κ1) is 18.9. The van der Waals surface area contributed by atoms with Gasteiger partial charge < -0.3 is 0 Å². The van der Waals surface area contributed by atoms with Gasteiger partial charge >= 0.3 is 0 Å². The number of hydrogen-bond donors (Lipinski definition) is 0. The molecule has 0 aliphatic rings. The molecule has 0 bridgehead atoms. The Kier molecular flexibility index (Phi) is 7.28. The van der Waals surface area contributed by atoms with E-state index >= 15 is 0 Å². The van der Waals surface area contributed by atoms with Gasteiger partial charge in [-0.3, -0.25) is 0 Å². The highest BCUT2D eigenvalue weighted by Gasteiger charge is 2.25. The third kappa shape index (κ3) is 6.31. The van der Waals surface area contributed by atoms with Crippen LogP contribution in [0.1, 0.15) is 33.6 Å². The van der Waals surface area contributed by atoms with Crippen LogP contribution in [-0.2, 0) is 10.8 Å². The zero-order valence-electron chi connectivity index (χ0n) is 14.7. The predicted octanol–water partition coefficient (Wildman–Crippen LogP) is 5.85. The Morgan fingerprint density at radius 2 is 1.73 bits per heavy atom. The van der Waals surface area contributed by atoms with Crippen LogP contribution >= 0.6 is 0 Å². The van der Waals surface area contributed by atoms with E-state index in [0.29, 0.717) is 0 Å². The molecule has 1 rings (SSSR count). The summed E-state index contributed by atoms with van der Waals surface area (Å²) in [4.78, 5) is 0.879. The molecular formula is C19H28OSSi. The minimum atomic E-state index is -1.69. The van der Waals surface area contributed by atoms with Crippen LogP contribution in [0.4, 0.5) is 0 Å².